The number of rotatable bonds is 0. The molecule has 0 saturated heterocycles. The molecule has 2 rings (SSSR count). The van der Waals surface area contributed by atoms with E-state index in [1.54, 1.807) is 12.1 Å². The summed E-state index contributed by atoms with van der Waals surface area (Å²) in [6, 6.07) is 8.10. The molecule has 0 spiro atoms. The van der Waals surface area contributed by atoms with Crippen molar-refractivity contribution in [2.75, 3.05) is 0 Å². The van der Waals surface area contributed by atoms with Gasteiger partial charge in [0.2, 0.25) is 0 Å². The van der Waals surface area contributed by atoms with E-state index in [0.29, 0.717) is 11.0 Å². The van der Waals surface area contributed by atoms with Gasteiger partial charge in [0.25, 0.3) is 5.56 Å². The second kappa shape index (κ2) is 3.24. The number of aromatic nitrogens is 2. The van der Waals surface area contributed by atoms with Gasteiger partial charge >= 0.3 is 0 Å². The van der Waals surface area contributed by atoms with Crippen LogP contribution in [0.15, 0.2) is 23.0 Å². The molecule has 0 aliphatic rings. The van der Waals surface area contributed by atoms with Gasteiger partial charge in [-0.05, 0) is 18.2 Å². The van der Waals surface area contributed by atoms with E-state index in [-0.39, 0.29) is 11.3 Å². The average Bonchev–Trinajstić information content (AvgIpc) is 2.27. The maximum atomic E-state index is 11.2. The van der Waals surface area contributed by atoms with Gasteiger partial charge in [0, 0.05) is 0 Å². The van der Waals surface area contributed by atoms with E-state index in [1.165, 1.54) is 12.1 Å². The number of hydrogen-bond acceptors (Lipinski definition) is 4. The van der Waals surface area contributed by atoms with Gasteiger partial charge in [0.1, 0.15) is 23.4 Å². The highest BCUT2D eigenvalue weighted by molar-refractivity contribution is 5.75. The lowest BCUT2D eigenvalue weighted by Crippen LogP contribution is -2.09. The van der Waals surface area contributed by atoms with Crippen LogP contribution < -0.4 is 5.56 Å². The molecule has 2 aromatic rings. The Morgan fingerprint density at radius 2 is 2.07 bits per heavy atom. The van der Waals surface area contributed by atoms with Crippen molar-refractivity contribution in [1.82, 2.24) is 9.97 Å². The highest BCUT2D eigenvalue weighted by atomic mass is 16.1. The van der Waals surface area contributed by atoms with E-state index in [2.05, 4.69) is 9.97 Å². The SMILES string of the molecule is N#Cc1ccc2[nH]c(=O)c(C#N)cc2n1. The summed E-state index contributed by atoms with van der Waals surface area (Å²) in [5.74, 6) is 0. The first kappa shape index (κ1) is 8.92. The summed E-state index contributed by atoms with van der Waals surface area (Å²) in [6.07, 6.45) is 0. The Labute approximate surface area is 84.2 Å². The first-order chi connectivity index (χ1) is 7.24. The Bertz CT molecular complexity index is 672. The minimum absolute atomic E-state index is 0.00918. The third-order valence-electron chi connectivity index (χ3n) is 1.93. The first-order valence-electron chi connectivity index (χ1n) is 4.09. The molecule has 15 heavy (non-hydrogen) atoms. The largest absolute Gasteiger partial charge is 0.319 e. The van der Waals surface area contributed by atoms with Gasteiger partial charge < -0.3 is 4.98 Å². The van der Waals surface area contributed by atoms with E-state index in [0.717, 1.165) is 0 Å². The summed E-state index contributed by atoms with van der Waals surface area (Å²) < 4.78 is 0. The van der Waals surface area contributed by atoms with Crippen LogP contribution in [-0.4, -0.2) is 9.97 Å². The maximum absolute atomic E-state index is 11.2. The third kappa shape index (κ3) is 1.43. The van der Waals surface area contributed by atoms with Crippen LogP contribution in [0.3, 0.4) is 0 Å². The van der Waals surface area contributed by atoms with Gasteiger partial charge in [-0.2, -0.15) is 10.5 Å². The lowest BCUT2D eigenvalue weighted by atomic mass is 10.2. The van der Waals surface area contributed by atoms with Crippen LogP contribution >= 0.6 is 0 Å². The molecular formula is C10H4N4O. The minimum atomic E-state index is -0.448. The Morgan fingerprint density at radius 1 is 1.27 bits per heavy atom. The number of H-pyrrole nitrogens is 1. The molecule has 70 valence electrons. The van der Waals surface area contributed by atoms with Crippen molar-refractivity contribution in [2.45, 2.75) is 0 Å². The van der Waals surface area contributed by atoms with Crippen molar-refractivity contribution in [1.29, 1.82) is 10.5 Å². The summed E-state index contributed by atoms with van der Waals surface area (Å²) in [6.45, 7) is 0. The van der Waals surface area contributed by atoms with E-state index >= 15 is 0 Å². The number of aromatic amines is 1. The van der Waals surface area contributed by atoms with Crippen molar-refractivity contribution in [3.05, 3.63) is 39.8 Å². The highest BCUT2D eigenvalue weighted by Gasteiger charge is 2.03. The lowest BCUT2D eigenvalue weighted by molar-refractivity contribution is 1.23. The van der Waals surface area contributed by atoms with Gasteiger partial charge in [-0.25, -0.2) is 4.98 Å². The zero-order valence-electron chi connectivity index (χ0n) is 7.48. The molecule has 1 N–H and O–H groups in total. The van der Waals surface area contributed by atoms with E-state index in [4.69, 9.17) is 10.5 Å². The molecule has 2 heterocycles. The van der Waals surface area contributed by atoms with Crippen LogP contribution in [0, 0.1) is 22.7 Å². The van der Waals surface area contributed by atoms with Gasteiger partial charge in [0.15, 0.2) is 0 Å². The van der Waals surface area contributed by atoms with Crippen LogP contribution in [0.5, 0.6) is 0 Å². The molecule has 2 aromatic heterocycles. The predicted molar refractivity (Wildman–Crippen MR) is 51.8 cm³/mol. The van der Waals surface area contributed by atoms with Crippen molar-refractivity contribution in [2.24, 2.45) is 0 Å². The molecule has 0 aliphatic carbocycles. The van der Waals surface area contributed by atoms with Gasteiger partial charge in [-0.3, -0.25) is 4.79 Å². The standard InChI is InChI=1S/C10H4N4O/c11-4-6-3-9-8(14-10(6)15)2-1-7(5-12)13-9/h1-3H,(H,14,15). The van der Waals surface area contributed by atoms with E-state index in [1.807, 2.05) is 6.07 Å². The molecule has 0 saturated carbocycles. The molecule has 0 aromatic carbocycles. The maximum Gasteiger partial charge on any atom is 0.266 e. The van der Waals surface area contributed by atoms with Crippen LogP contribution in [0.1, 0.15) is 11.3 Å². The normalized spacial score (nSPS) is 9.47. The van der Waals surface area contributed by atoms with Crippen LogP contribution in [0.25, 0.3) is 11.0 Å². The number of nitrogens with one attached hydrogen (secondary N) is 1. The van der Waals surface area contributed by atoms with Crippen molar-refractivity contribution in [3.8, 4) is 12.1 Å². The van der Waals surface area contributed by atoms with Crippen molar-refractivity contribution < 1.29 is 0 Å². The number of fused-ring (bicyclic) bond motifs is 1. The first-order valence-corrected chi connectivity index (χ1v) is 4.09. The average molecular weight is 196 g/mol. The zero-order chi connectivity index (χ0) is 10.8. The van der Waals surface area contributed by atoms with E-state index < -0.39 is 5.56 Å². The van der Waals surface area contributed by atoms with Gasteiger partial charge in [-0.1, -0.05) is 0 Å². The van der Waals surface area contributed by atoms with Crippen molar-refractivity contribution >= 4 is 11.0 Å². The Morgan fingerprint density at radius 3 is 2.73 bits per heavy atom. The predicted octanol–water partition coefficient (Wildman–Crippen LogP) is 0.666. The quantitative estimate of drug-likeness (QED) is 0.669. The van der Waals surface area contributed by atoms with Gasteiger partial charge in [-0.15, -0.1) is 0 Å². The van der Waals surface area contributed by atoms with Crippen LogP contribution in [-0.2, 0) is 0 Å². The molecule has 0 atom stereocenters. The zero-order valence-corrected chi connectivity index (χ0v) is 7.48. The summed E-state index contributed by atoms with van der Waals surface area (Å²) in [5, 5.41) is 17.3. The second-order valence-corrected chi connectivity index (χ2v) is 2.87. The molecule has 0 fully saturated rings. The monoisotopic (exact) mass is 196 g/mol. The Kier molecular flexibility index (Phi) is 1.93. The summed E-state index contributed by atoms with van der Waals surface area (Å²) >= 11 is 0. The fourth-order valence-corrected chi connectivity index (χ4v) is 1.23. The molecule has 5 nitrogen and oxygen atoms in total. The summed E-state index contributed by atoms with van der Waals surface area (Å²) in [4.78, 5) is 17.7. The number of nitriles is 2. The summed E-state index contributed by atoms with van der Waals surface area (Å²) in [5.41, 5.74) is 0.739. The lowest BCUT2D eigenvalue weighted by Gasteiger charge is -1.97. The van der Waals surface area contributed by atoms with Crippen LogP contribution in [0.2, 0.25) is 0 Å². The molecule has 5 heteroatoms. The fraction of sp³-hybridized carbons (Fsp3) is 0. The molecule has 0 amide bonds. The second-order valence-electron chi connectivity index (χ2n) is 2.87. The minimum Gasteiger partial charge on any atom is -0.319 e. The van der Waals surface area contributed by atoms with Crippen molar-refractivity contribution in [3.63, 3.8) is 0 Å². The molecule has 0 radical (unpaired) electrons. The topological polar surface area (TPSA) is 93.3 Å². The molecule has 0 bridgehead atoms. The number of nitrogens with zero attached hydrogens (tertiary/aromatic N) is 3. The molecular weight excluding hydrogens is 192 g/mol. The molecule has 0 aliphatic heterocycles. The third-order valence-corrected chi connectivity index (χ3v) is 1.93. The summed E-state index contributed by atoms with van der Waals surface area (Å²) in [7, 11) is 0. The Balaban J connectivity index is 2.86. The Hall–Kier alpha value is -2.66. The number of pyridine rings is 2. The fourth-order valence-electron chi connectivity index (χ4n) is 1.23. The van der Waals surface area contributed by atoms with Crippen LogP contribution in [0.4, 0.5) is 0 Å². The van der Waals surface area contributed by atoms with Gasteiger partial charge in [0.05, 0.1) is 11.0 Å². The molecule has 0 unspecified atom stereocenters. The smallest absolute Gasteiger partial charge is 0.266 e. The highest BCUT2D eigenvalue weighted by Crippen LogP contribution is 2.08. The number of hydrogen-bond donors (Lipinski definition) is 1. The van der Waals surface area contributed by atoms with E-state index in [9.17, 15) is 4.79 Å².